The Morgan fingerprint density at radius 3 is 2.85 bits per heavy atom. The summed E-state index contributed by atoms with van der Waals surface area (Å²) in [4.78, 5) is 22.1. The maximum absolute atomic E-state index is 12.9. The van der Waals surface area contributed by atoms with Crippen molar-refractivity contribution in [2.75, 3.05) is 0 Å². The third kappa shape index (κ3) is 3.67. The molecule has 0 bridgehead atoms. The Balaban J connectivity index is 1.62. The molecule has 0 spiro atoms. The van der Waals surface area contributed by atoms with Gasteiger partial charge in [0.15, 0.2) is 11.0 Å². The van der Waals surface area contributed by atoms with Crippen molar-refractivity contribution in [1.82, 2.24) is 19.7 Å². The van der Waals surface area contributed by atoms with Gasteiger partial charge in [-0.2, -0.15) is 4.98 Å². The smallest absolute Gasteiger partial charge is 0.262 e. The summed E-state index contributed by atoms with van der Waals surface area (Å²) in [5.41, 5.74) is 0.748. The standard InChI is InChI=1S/C19H22N4O2S/c1-12(2)9-10-23-18(24)14-5-3-4-6-15(14)20-19(23)26-11-16-21-17(25-22-16)13-7-8-13/h3-6,12-13H,7-11H2,1-2H3. The van der Waals surface area contributed by atoms with Crippen LogP contribution in [0.5, 0.6) is 0 Å². The molecule has 0 atom stereocenters. The quantitative estimate of drug-likeness (QED) is 0.462. The first-order chi connectivity index (χ1) is 12.6. The fraction of sp³-hybridized carbons (Fsp3) is 0.474. The third-order valence-corrected chi connectivity index (χ3v) is 5.47. The Morgan fingerprint density at radius 2 is 2.08 bits per heavy atom. The summed E-state index contributed by atoms with van der Waals surface area (Å²) >= 11 is 1.49. The van der Waals surface area contributed by atoms with Gasteiger partial charge in [0.1, 0.15) is 0 Å². The molecule has 1 aliphatic rings. The van der Waals surface area contributed by atoms with Crippen LogP contribution in [0.15, 0.2) is 38.7 Å². The highest BCUT2D eigenvalue weighted by Gasteiger charge is 2.29. The van der Waals surface area contributed by atoms with Crippen LogP contribution in [0, 0.1) is 5.92 Å². The lowest BCUT2D eigenvalue weighted by atomic mass is 10.1. The largest absolute Gasteiger partial charge is 0.339 e. The van der Waals surface area contributed by atoms with E-state index in [1.54, 1.807) is 4.57 Å². The van der Waals surface area contributed by atoms with Crippen LogP contribution in [0.4, 0.5) is 0 Å². The van der Waals surface area contributed by atoms with Crippen molar-refractivity contribution in [2.45, 2.75) is 56.5 Å². The predicted molar refractivity (Wildman–Crippen MR) is 101 cm³/mol. The summed E-state index contributed by atoms with van der Waals surface area (Å²) in [5.74, 6) is 2.91. The van der Waals surface area contributed by atoms with Crippen molar-refractivity contribution < 1.29 is 4.52 Å². The zero-order valence-corrected chi connectivity index (χ0v) is 15.8. The minimum absolute atomic E-state index is 0.0190. The van der Waals surface area contributed by atoms with Gasteiger partial charge in [0.25, 0.3) is 5.56 Å². The molecule has 26 heavy (non-hydrogen) atoms. The summed E-state index contributed by atoms with van der Waals surface area (Å²) in [6.07, 6.45) is 3.20. The van der Waals surface area contributed by atoms with E-state index >= 15 is 0 Å². The molecule has 0 N–H and O–H groups in total. The average Bonchev–Trinajstić information content (AvgIpc) is 3.37. The highest BCUT2D eigenvalue weighted by atomic mass is 32.2. The SMILES string of the molecule is CC(C)CCn1c(SCc2noc(C3CC3)n2)nc2ccccc2c1=O. The molecule has 136 valence electrons. The number of nitrogens with zero attached hydrogens (tertiary/aromatic N) is 4. The molecule has 2 heterocycles. The van der Waals surface area contributed by atoms with E-state index in [0.29, 0.717) is 40.5 Å². The van der Waals surface area contributed by atoms with Gasteiger partial charge in [0, 0.05) is 12.5 Å². The molecule has 1 aliphatic carbocycles. The zero-order chi connectivity index (χ0) is 18.1. The van der Waals surface area contributed by atoms with Crippen LogP contribution in [0.3, 0.4) is 0 Å². The monoisotopic (exact) mass is 370 g/mol. The number of para-hydroxylation sites is 1. The van der Waals surface area contributed by atoms with E-state index in [-0.39, 0.29) is 5.56 Å². The van der Waals surface area contributed by atoms with Crippen LogP contribution < -0.4 is 5.56 Å². The summed E-state index contributed by atoms with van der Waals surface area (Å²) < 4.78 is 7.10. The Kier molecular flexibility index (Phi) is 4.80. The second-order valence-electron chi connectivity index (χ2n) is 7.16. The van der Waals surface area contributed by atoms with Gasteiger partial charge in [-0.1, -0.05) is 42.9 Å². The maximum atomic E-state index is 12.9. The molecule has 0 aliphatic heterocycles. The highest BCUT2D eigenvalue weighted by molar-refractivity contribution is 7.98. The lowest BCUT2D eigenvalue weighted by Gasteiger charge is -2.13. The molecule has 1 saturated carbocycles. The molecular formula is C19H22N4O2S. The van der Waals surface area contributed by atoms with Gasteiger partial charge in [0.2, 0.25) is 5.89 Å². The van der Waals surface area contributed by atoms with E-state index in [4.69, 9.17) is 9.51 Å². The summed E-state index contributed by atoms with van der Waals surface area (Å²) in [7, 11) is 0. The van der Waals surface area contributed by atoms with Crippen molar-refractivity contribution in [1.29, 1.82) is 0 Å². The van der Waals surface area contributed by atoms with Gasteiger partial charge >= 0.3 is 0 Å². The van der Waals surface area contributed by atoms with Gasteiger partial charge in [-0.15, -0.1) is 0 Å². The number of aromatic nitrogens is 4. The second-order valence-corrected chi connectivity index (χ2v) is 8.11. The average molecular weight is 370 g/mol. The van der Waals surface area contributed by atoms with Crippen LogP contribution >= 0.6 is 11.8 Å². The van der Waals surface area contributed by atoms with Crippen LogP contribution in [0.1, 0.15) is 50.7 Å². The van der Waals surface area contributed by atoms with E-state index in [9.17, 15) is 4.79 Å². The Hall–Kier alpha value is -2.15. The molecule has 0 unspecified atom stereocenters. The van der Waals surface area contributed by atoms with Crippen LogP contribution in [-0.4, -0.2) is 19.7 Å². The summed E-state index contributed by atoms with van der Waals surface area (Å²) in [5, 5.41) is 5.44. The molecular weight excluding hydrogens is 348 g/mol. The topological polar surface area (TPSA) is 73.8 Å². The van der Waals surface area contributed by atoms with E-state index in [1.807, 2.05) is 24.3 Å². The van der Waals surface area contributed by atoms with Gasteiger partial charge in [0.05, 0.1) is 16.7 Å². The van der Waals surface area contributed by atoms with E-state index in [1.165, 1.54) is 11.8 Å². The molecule has 0 amide bonds. The first-order valence-corrected chi connectivity index (χ1v) is 10.0. The number of fused-ring (bicyclic) bond motifs is 1. The van der Waals surface area contributed by atoms with Gasteiger partial charge < -0.3 is 4.52 Å². The molecule has 1 aromatic carbocycles. The minimum Gasteiger partial charge on any atom is -0.339 e. The van der Waals surface area contributed by atoms with Crippen molar-refractivity contribution in [3.8, 4) is 0 Å². The summed E-state index contributed by atoms with van der Waals surface area (Å²) in [6, 6.07) is 7.51. The van der Waals surface area contributed by atoms with Crippen LogP contribution in [-0.2, 0) is 12.3 Å². The van der Waals surface area contributed by atoms with E-state index in [0.717, 1.165) is 30.7 Å². The maximum Gasteiger partial charge on any atom is 0.262 e. The Labute approximate surface area is 156 Å². The first kappa shape index (κ1) is 17.3. The van der Waals surface area contributed by atoms with Crippen LogP contribution in [0.2, 0.25) is 0 Å². The zero-order valence-electron chi connectivity index (χ0n) is 15.0. The fourth-order valence-corrected chi connectivity index (χ4v) is 3.66. The lowest BCUT2D eigenvalue weighted by molar-refractivity contribution is 0.375. The number of thioether (sulfide) groups is 1. The lowest BCUT2D eigenvalue weighted by Crippen LogP contribution is -2.24. The van der Waals surface area contributed by atoms with Crippen LogP contribution in [0.25, 0.3) is 10.9 Å². The predicted octanol–water partition coefficient (Wildman–Crippen LogP) is 4.00. The molecule has 1 fully saturated rings. The third-order valence-electron chi connectivity index (χ3n) is 4.50. The van der Waals surface area contributed by atoms with E-state index < -0.39 is 0 Å². The Morgan fingerprint density at radius 1 is 1.27 bits per heavy atom. The van der Waals surface area contributed by atoms with Crippen molar-refractivity contribution >= 4 is 22.7 Å². The van der Waals surface area contributed by atoms with Crippen molar-refractivity contribution in [3.63, 3.8) is 0 Å². The fourth-order valence-electron chi connectivity index (χ4n) is 2.79. The number of benzene rings is 1. The number of hydrogen-bond donors (Lipinski definition) is 0. The van der Waals surface area contributed by atoms with Gasteiger partial charge in [-0.05, 0) is 37.3 Å². The molecule has 2 aromatic heterocycles. The van der Waals surface area contributed by atoms with Crippen molar-refractivity contribution in [3.05, 3.63) is 46.3 Å². The van der Waals surface area contributed by atoms with Gasteiger partial charge in [-0.3, -0.25) is 9.36 Å². The first-order valence-electron chi connectivity index (χ1n) is 9.06. The molecule has 4 rings (SSSR count). The number of rotatable bonds is 7. The minimum atomic E-state index is 0.0190. The summed E-state index contributed by atoms with van der Waals surface area (Å²) in [6.45, 7) is 4.98. The molecule has 3 aromatic rings. The normalized spacial score (nSPS) is 14.4. The van der Waals surface area contributed by atoms with Crippen molar-refractivity contribution in [2.24, 2.45) is 5.92 Å². The molecule has 6 nitrogen and oxygen atoms in total. The van der Waals surface area contributed by atoms with Gasteiger partial charge in [-0.25, -0.2) is 4.98 Å². The second kappa shape index (κ2) is 7.23. The molecule has 7 heteroatoms. The highest BCUT2D eigenvalue weighted by Crippen LogP contribution is 2.39. The van der Waals surface area contributed by atoms with E-state index in [2.05, 4.69) is 24.0 Å². The molecule has 0 saturated heterocycles. The number of hydrogen-bond acceptors (Lipinski definition) is 6. The molecule has 0 radical (unpaired) electrons. The Bertz CT molecular complexity index is 975.